The molecule has 36 heavy (non-hydrogen) atoms. The Kier molecular flexibility index (Phi) is 10.3. The van der Waals surface area contributed by atoms with Crippen LogP contribution in [0.25, 0.3) is 6.08 Å². The highest BCUT2D eigenvalue weighted by Gasteiger charge is 2.31. The summed E-state index contributed by atoms with van der Waals surface area (Å²) in [6, 6.07) is 9.26. The molecule has 1 saturated heterocycles. The van der Waals surface area contributed by atoms with E-state index in [0.717, 1.165) is 12.0 Å². The zero-order chi connectivity index (χ0) is 26.1. The molecule has 3 rings (SSSR count). The molecule has 0 atom stereocenters. The van der Waals surface area contributed by atoms with Crippen LogP contribution in [0.4, 0.5) is 0 Å². The van der Waals surface area contributed by atoms with Crippen molar-refractivity contribution in [1.82, 2.24) is 4.90 Å². The van der Waals surface area contributed by atoms with Gasteiger partial charge >= 0.3 is 0 Å². The molecule has 1 amide bonds. The lowest BCUT2D eigenvalue weighted by Gasteiger charge is -2.16. The number of halogens is 1. The maximum absolute atomic E-state index is 12.6. The van der Waals surface area contributed by atoms with Crippen LogP contribution in [0.1, 0.15) is 18.1 Å². The molecule has 1 aliphatic heterocycles. The second kappa shape index (κ2) is 13.4. The number of allylic oxidation sites excluding steroid dienone is 1. The number of amides is 1. The fourth-order valence-corrected chi connectivity index (χ4v) is 4.98. The highest BCUT2D eigenvalue weighted by molar-refractivity contribution is 8.26. The Balaban J connectivity index is 1.70. The molecule has 0 bridgehead atoms. The van der Waals surface area contributed by atoms with Gasteiger partial charge in [0.05, 0.1) is 23.6 Å². The van der Waals surface area contributed by atoms with Gasteiger partial charge < -0.3 is 18.9 Å². The third-order valence-electron chi connectivity index (χ3n) is 5.01. The summed E-state index contributed by atoms with van der Waals surface area (Å²) in [5, 5.41) is 0.361. The Hall–Kier alpha value is -2.94. The van der Waals surface area contributed by atoms with Crippen LogP contribution in [0.2, 0.25) is 5.02 Å². The molecule has 0 saturated carbocycles. The van der Waals surface area contributed by atoms with E-state index in [1.165, 1.54) is 16.7 Å². The van der Waals surface area contributed by atoms with Gasteiger partial charge in [-0.2, -0.15) is 0 Å². The van der Waals surface area contributed by atoms with Crippen LogP contribution in [0, 0.1) is 0 Å². The van der Waals surface area contributed by atoms with Gasteiger partial charge in [0.25, 0.3) is 5.91 Å². The van der Waals surface area contributed by atoms with Crippen molar-refractivity contribution in [2.24, 2.45) is 0 Å². The first-order valence-corrected chi connectivity index (χ1v) is 12.9. The smallest absolute Gasteiger partial charge is 0.266 e. The Labute approximate surface area is 226 Å². The van der Waals surface area contributed by atoms with Gasteiger partial charge in [-0.15, -0.1) is 13.2 Å². The molecule has 0 radical (unpaired) electrons. The molecule has 0 aliphatic carbocycles. The standard InChI is InChI=1S/C27H28ClNO5S2/c1-5-8-18-9-10-21(22(15-18)31-4)33-12-13-34-25-20(28)14-19(16-23(25)32-7-3)17-24-26(30)29(11-6-2)27(35)36-24/h5-6,9-10,14-17H,1-2,7-8,11-13H2,3-4H3/b24-17-. The number of hydrogen-bond donors (Lipinski definition) is 0. The number of carbonyl (C=O) groups excluding carboxylic acids is 1. The molecule has 6 nitrogen and oxygen atoms in total. The van der Waals surface area contributed by atoms with E-state index in [2.05, 4.69) is 13.2 Å². The van der Waals surface area contributed by atoms with Crippen LogP contribution in [-0.4, -0.2) is 48.6 Å². The van der Waals surface area contributed by atoms with E-state index in [9.17, 15) is 4.79 Å². The lowest BCUT2D eigenvalue weighted by atomic mass is 10.1. The maximum atomic E-state index is 12.6. The van der Waals surface area contributed by atoms with Gasteiger partial charge in [0.2, 0.25) is 0 Å². The SMILES string of the molecule is C=CCc1ccc(OCCOc2c(Cl)cc(/C=C3\SC(=S)N(CC=C)C3=O)cc2OCC)c(OC)c1. The van der Waals surface area contributed by atoms with Gasteiger partial charge in [-0.3, -0.25) is 9.69 Å². The zero-order valence-corrected chi connectivity index (χ0v) is 22.6. The van der Waals surface area contributed by atoms with Crippen LogP contribution in [-0.2, 0) is 11.2 Å². The number of rotatable bonds is 13. The Bertz CT molecular complexity index is 1180. The predicted octanol–water partition coefficient (Wildman–Crippen LogP) is 6.32. The highest BCUT2D eigenvalue weighted by atomic mass is 35.5. The van der Waals surface area contributed by atoms with Crippen LogP contribution < -0.4 is 18.9 Å². The van der Waals surface area contributed by atoms with E-state index in [0.29, 0.717) is 56.0 Å². The zero-order valence-electron chi connectivity index (χ0n) is 20.3. The third-order valence-corrected chi connectivity index (χ3v) is 6.67. The number of ether oxygens (including phenoxy) is 4. The fourth-order valence-electron chi connectivity index (χ4n) is 3.43. The predicted molar refractivity (Wildman–Crippen MR) is 151 cm³/mol. The van der Waals surface area contributed by atoms with Gasteiger partial charge in [-0.05, 0) is 54.8 Å². The van der Waals surface area contributed by atoms with Crippen molar-refractivity contribution < 1.29 is 23.7 Å². The average molecular weight is 546 g/mol. The Morgan fingerprint density at radius 1 is 1.06 bits per heavy atom. The molecule has 2 aromatic carbocycles. The number of hydrogen-bond acceptors (Lipinski definition) is 7. The van der Waals surface area contributed by atoms with Crippen molar-refractivity contribution in [2.75, 3.05) is 33.5 Å². The van der Waals surface area contributed by atoms with Gasteiger partial charge in [0.1, 0.15) is 17.5 Å². The summed E-state index contributed by atoms with van der Waals surface area (Å²) in [6.07, 6.45) is 5.97. The first kappa shape index (κ1) is 27.6. The minimum Gasteiger partial charge on any atom is -0.493 e. The number of thioether (sulfide) groups is 1. The molecule has 2 aromatic rings. The summed E-state index contributed by atoms with van der Waals surface area (Å²) >= 11 is 13.1. The second-order valence-corrected chi connectivity index (χ2v) is 9.60. The molecule has 0 spiro atoms. The average Bonchev–Trinajstić information content (AvgIpc) is 3.11. The second-order valence-electron chi connectivity index (χ2n) is 7.52. The summed E-state index contributed by atoms with van der Waals surface area (Å²) in [6.45, 7) is 10.6. The minimum absolute atomic E-state index is 0.163. The van der Waals surface area contributed by atoms with Crippen molar-refractivity contribution in [2.45, 2.75) is 13.3 Å². The van der Waals surface area contributed by atoms with Gasteiger partial charge in [-0.1, -0.05) is 53.8 Å². The summed E-state index contributed by atoms with van der Waals surface area (Å²) in [4.78, 5) is 14.7. The lowest BCUT2D eigenvalue weighted by Crippen LogP contribution is -2.27. The van der Waals surface area contributed by atoms with E-state index < -0.39 is 0 Å². The van der Waals surface area contributed by atoms with Gasteiger partial charge in [-0.25, -0.2) is 0 Å². The van der Waals surface area contributed by atoms with E-state index in [1.807, 2.05) is 31.2 Å². The summed E-state index contributed by atoms with van der Waals surface area (Å²) in [5.74, 6) is 1.99. The van der Waals surface area contributed by atoms with E-state index in [-0.39, 0.29) is 19.1 Å². The summed E-state index contributed by atoms with van der Waals surface area (Å²) in [5.41, 5.74) is 1.79. The van der Waals surface area contributed by atoms with Crippen LogP contribution in [0.3, 0.4) is 0 Å². The molecule has 1 fully saturated rings. The molecule has 1 aliphatic rings. The maximum Gasteiger partial charge on any atom is 0.266 e. The van der Waals surface area contributed by atoms with Crippen molar-refractivity contribution >= 4 is 51.9 Å². The Morgan fingerprint density at radius 2 is 1.83 bits per heavy atom. The molecule has 0 aromatic heterocycles. The number of nitrogens with zero attached hydrogens (tertiary/aromatic N) is 1. The number of benzene rings is 2. The topological polar surface area (TPSA) is 57.2 Å². The van der Waals surface area contributed by atoms with E-state index >= 15 is 0 Å². The first-order valence-electron chi connectivity index (χ1n) is 11.3. The lowest BCUT2D eigenvalue weighted by molar-refractivity contribution is -0.121. The summed E-state index contributed by atoms with van der Waals surface area (Å²) < 4.78 is 23.5. The third kappa shape index (κ3) is 6.84. The van der Waals surface area contributed by atoms with E-state index in [1.54, 1.807) is 31.4 Å². The highest BCUT2D eigenvalue weighted by Crippen LogP contribution is 2.39. The quantitative estimate of drug-likeness (QED) is 0.126. The Morgan fingerprint density at radius 3 is 2.53 bits per heavy atom. The molecule has 1 heterocycles. The molecule has 190 valence electrons. The number of carbonyl (C=O) groups is 1. The van der Waals surface area contributed by atoms with Crippen LogP contribution in [0.5, 0.6) is 23.0 Å². The van der Waals surface area contributed by atoms with Gasteiger partial charge in [0, 0.05) is 6.54 Å². The molecular weight excluding hydrogens is 518 g/mol. The monoisotopic (exact) mass is 545 g/mol. The van der Waals surface area contributed by atoms with Crippen molar-refractivity contribution in [3.63, 3.8) is 0 Å². The molecule has 0 N–H and O–H groups in total. The first-order chi connectivity index (χ1) is 17.4. The van der Waals surface area contributed by atoms with Crippen LogP contribution in [0.15, 0.2) is 60.5 Å². The fraction of sp³-hybridized carbons (Fsp3) is 0.259. The van der Waals surface area contributed by atoms with E-state index in [4.69, 9.17) is 42.8 Å². The largest absolute Gasteiger partial charge is 0.493 e. The normalized spacial score (nSPS) is 14.2. The van der Waals surface area contributed by atoms with Crippen molar-refractivity contribution in [1.29, 1.82) is 0 Å². The van der Waals surface area contributed by atoms with Crippen LogP contribution >= 0.6 is 35.6 Å². The van der Waals surface area contributed by atoms with Crippen molar-refractivity contribution in [3.05, 3.63) is 76.7 Å². The molecular formula is C27H28ClNO5S2. The molecule has 9 heteroatoms. The molecule has 0 unspecified atom stereocenters. The number of thiocarbonyl (C=S) groups is 1. The van der Waals surface area contributed by atoms with Gasteiger partial charge in [0.15, 0.2) is 23.0 Å². The van der Waals surface area contributed by atoms with Crippen molar-refractivity contribution in [3.8, 4) is 23.0 Å². The number of methoxy groups -OCH3 is 1. The minimum atomic E-state index is -0.163. The summed E-state index contributed by atoms with van der Waals surface area (Å²) in [7, 11) is 1.60.